The van der Waals surface area contributed by atoms with E-state index in [1.165, 1.54) is 18.7 Å². The Morgan fingerprint density at radius 1 is 1.38 bits per heavy atom. The van der Waals surface area contributed by atoms with Crippen LogP contribution in [0.3, 0.4) is 0 Å². The Bertz CT molecular complexity index is 342. The largest absolute Gasteiger partial charge is 0.371 e. The van der Waals surface area contributed by atoms with E-state index in [9.17, 15) is 0 Å². The lowest BCUT2D eigenvalue weighted by molar-refractivity contribution is 0.104. The van der Waals surface area contributed by atoms with Crippen LogP contribution in [0.15, 0.2) is 4.99 Å². The van der Waals surface area contributed by atoms with E-state index in [2.05, 4.69) is 42.9 Å². The summed E-state index contributed by atoms with van der Waals surface area (Å²) in [4.78, 5) is 7.36. The number of piperidine rings is 1. The minimum absolute atomic E-state index is 0.293. The van der Waals surface area contributed by atoms with E-state index in [1.807, 2.05) is 0 Å². The highest BCUT2D eigenvalue weighted by Crippen LogP contribution is 2.61. The summed E-state index contributed by atoms with van der Waals surface area (Å²) < 4.78 is 0. The molecule has 1 saturated carbocycles. The summed E-state index contributed by atoms with van der Waals surface area (Å²) in [6.07, 6.45) is 2.61. The van der Waals surface area contributed by atoms with Gasteiger partial charge in [0.2, 0.25) is 0 Å². The molecule has 0 bridgehead atoms. The van der Waals surface area contributed by atoms with Crippen LogP contribution >= 0.6 is 0 Å². The first-order valence-electron chi connectivity index (χ1n) is 6.52. The Morgan fingerprint density at radius 2 is 2.12 bits per heavy atom. The molecular formula is C13H23N3. The molecule has 3 aliphatic rings. The monoisotopic (exact) mass is 221 g/mol. The van der Waals surface area contributed by atoms with Crippen molar-refractivity contribution in [2.45, 2.75) is 58.2 Å². The van der Waals surface area contributed by atoms with Gasteiger partial charge in [-0.25, -0.2) is 0 Å². The number of hydrogen-bond donors (Lipinski definition) is 1. The van der Waals surface area contributed by atoms with E-state index in [1.54, 1.807) is 0 Å². The molecule has 0 amide bonds. The smallest absolute Gasteiger partial charge is 0.104 e. The molecule has 0 unspecified atom stereocenters. The number of fused-ring (bicyclic) bond motifs is 1. The molecule has 0 aromatic heterocycles. The first-order chi connectivity index (χ1) is 7.45. The van der Waals surface area contributed by atoms with E-state index in [-0.39, 0.29) is 0 Å². The van der Waals surface area contributed by atoms with Crippen LogP contribution in [0, 0.1) is 5.41 Å². The summed E-state index contributed by atoms with van der Waals surface area (Å²) >= 11 is 0. The molecule has 2 heterocycles. The maximum Gasteiger partial charge on any atom is 0.104 e. The number of likely N-dealkylation sites (tertiary alicyclic amines) is 1. The third-order valence-electron chi connectivity index (χ3n) is 4.43. The van der Waals surface area contributed by atoms with Crippen molar-refractivity contribution in [3.63, 3.8) is 0 Å². The fourth-order valence-corrected chi connectivity index (χ4v) is 4.01. The van der Waals surface area contributed by atoms with Crippen LogP contribution in [0.25, 0.3) is 0 Å². The number of aliphatic imine (C=N–C) groups is 1. The van der Waals surface area contributed by atoms with Crippen LogP contribution in [0.4, 0.5) is 0 Å². The molecular weight excluding hydrogens is 198 g/mol. The molecule has 3 atom stereocenters. The zero-order chi connectivity index (χ0) is 11.6. The fourth-order valence-electron chi connectivity index (χ4n) is 4.01. The average molecular weight is 221 g/mol. The Kier molecular flexibility index (Phi) is 1.99. The predicted octanol–water partition coefficient (Wildman–Crippen LogP) is 1.64. The van der Waals surface area contributed by atoms with Gasteiger partial charge in [-0.05, 0) is 40.5 Å². The molecule has 2 fully saturated rings. The van der Waals surface area contributed by atoms with Crippen LogP contribution in [-0.4, -0.2) is 41.4 Å². The average Bonchev–Trinajstić information content (AvgIpc) is 2.64. The number of hydrogen-bond acceptors (Lipinski definition) is 3. The zero-order valence-electron chi connectivity index (χ0n) is 10.9. The molecule has 0 radical (unpaired) electrons. The minimum Gasteiger partial charge on any atom is -0.371 e. The highest BCUT2D eigenvalue weighted by atomic mass is 15.3. The van der Waals surface area contributed by atoms with Gasteiger partial charge in [-0.2, -0.15) is 0 Å². The number of nitrogens with zero attached hydrogens (tertiary/aromatic N) is 2. The molecule has 1 aliphatic carbocycles. The van der Waals surface area contributed by atoms with Crippen molar-refractivity contribution in [2.75, 3.05) is 13.1 Å². The van der Waals surface area contributed by atoms with Crippen LogP contribution in [0.5, 0.6) is 0 Å². The van der Waals surface area contributed by atoms with E-state index in [0.29, 0.717) is 17.0 Å². The maximum atomic E-state index is 4.66. The molecule has 3 nitrogen and oxygen atoms in total. The van der Waals surface area contributed by atoms with E-state index in [0.717, 1.165) is 19.1 Å². The maximum absolute atomic E-state index is 4.66. The van der Waals surface area contributed by atoms with Crippen molar-refractivity contribution >= 4 is 5.84 Å². The lowest BCUT2D eigenvalue weighted by Gasteiger charge is -2.37. The van der Waals surface area contributed by atoms with Gasteiger partial charge in [0.15, 0.2) is 0 Å². The second-order valence-electron chi connectivity index (χ2n) is 6.66. The summed E-state index contributed by atoms with van der Waals surface area (Å²) in [5, 5.41) is 3.50. The second-order valence-corrected chi connectivity index (χ2v) is 6.66. The Morgan fingerprint density at radius 3 is 2.62 bits per heavy atom. The predicted molar refractivity (Wildman–Crippen MR) is 66.8 cm³/mol. The van der Waals surface area contributed by atoms with Crippen molar-refractivity contribution in [3.05, 3.63) is 0 Å². The molecule has 0 spiro atoms. The van der Waals surface area contributed by atoms with Gasteiger partial charge < -0.3 is 5.32 Å². The van der Waals surface area contributed by atoms with E-state index < -0.39 is 0 Å². The molecule has 1 saturated heterocycles. The Labute approximate surface area is 98.3 Å². The standard InChI is InChI=1S/C13H23N3/c1-9-7-13(11-14-5-6-15-11)8-10(13)16(9)12(2,3)4/h9-10H,5-8H2,1-4H3,(H,14,15)/t9-,10-,13-/m1/s1. The van der Waals surface area contributed by atoms with Gasteiger partial charge in [-0.3, -0.25) is 9.89 Å². The van der Waals surface area contributed by atoms with Crippen LogP contribution in [0.2, 0.25) is 0 Å². The summed E-state index contributed by atoms with van der Waals surface area (Å²) in [5.74, 6) is 1.32. The SMILES string of the molecule is C[C@@H]1C[C@@]2(C3=NCCN3)C[C@H]2N1C(C)(C)C. The first kappa shape index (κ1) is 10.6. The van der Waals surface area contributed by atoms with Crippen LogP contribution in [0.1, 0.15) is 40.5 Å². The quantitative estimate of drug-likeness (QED) is 0.729. The summed E-state index contributed by atoms with van der Waals surface area (Å²) in [5.41, 5.74) is 0.699. The molecule has 2 aliphatic heterocycles. The van der Waals surface area contributed by atoms with Crippen molar-refractivity contribution < 1.29 is 0 Å². The molecule has 16 heavy (non-hydrogen) atoms. The topological polar surface area (TPSA) is 27.6 Å². The van der Waals surface area contributed by atoms with Crippen LogP contribution in [-0.2, 0) is 0 Å². The van der Waals surface area contributed by atoms with Gasteiger partial charge in [0.25, 0.3) is 0 Å². The lowest BCUT2D eigenvalue weighted by atomic mass is 9.98. The van der Waals surface area contributed by atoms with Gasteiger partial charge in [0.1, 0.15) is 5.84 Å². The second kappa shape index (κ2) is 3.00. The molecule has 90 valence electrons. The number of amidine groups is 1. The Balaban J connectivity index is 1.85. The zero-order valence-corrected chi connectivity index (χ0v) is 10.9. The minimum atomic E-state index is 0.293. The van der Waals surface area contributed by atoms with Crippen LogP contribution < -0.4 is 5.32 Å². The summed E-state index contributed by atoms with van der Waals surface area (Å²) in [6.45, 7) is 11.4. The summed E-state index contributed by atoms with van der Waals surface area (Å²) in [6, 6.07) is 1.44. The normalized spacial score (nSPS) is 42.9. The molecule has 3 rings (SSSR count). The highest BCUT2D eigenvalue weighted by Gasteiger charge is 2.68. The van der Waals surface area contributed by atoms with Gasteiger partial charge in [-0.1, -0.05) is 0 Å². The molecule has 3 heteroatoms. The molecule has 0 aromatic carbocycles. The first-order valence-corrected chi connectivity index (χ1v) is 6.52. The van der Waals surface area contributed by atoms with Crippen molar-refractivity contribution in [1.82, 2.24) is 10.2 Å². The lowest BCUT2D eigenvalue weighted by Crippen LogP contribution is -2.45. The molecule has 0 aromatic rings. The van der Waals surface area contributed by atoms with Gasteiger partial charge in [0, 0.05) is 29.6 Å². The summed E-state index contributed by atoms with van der Waals surface area (Å²) in [7, 11) is 0. The van der Waals surface area contributed by atoms with Crippen molar-refractivity contribution in [2.24, 2.45) is 10.4 Å². The van der Waals surface area contributed by atoms with Gasteiger partial charge in [-0.15, -0.1) is 0 Å². The van der Waals surface area contributed by atoms with Gasteiger partial charge in [0.05, 0.1) is 6.54 Å². The third kappa shape index (κ3) is 1.27. The number of nitrogens with one attached hydrogen (secondary N) is 1. The third-order valence-corrected chi connectivity index (χ3v) is 4.43. The molecule has 1 N–H and O–H groups in total. The van der Waals surface area contributed by atoms with E-state index >= 15 is 0 Å². The van der Waals surface area contributed by atoms with Gasteiger partial charge >= 0.3 is 0 Å². The van der Waals surface area contributed by atoms with Crippen molar-refractivity contribution in [3.8, 4) is 0 Å². The highest BCUT2D eigenvalue weighted by molar-refractivity contribution is 5.93. The number of rotatable bonds is 1. The van der Waals surface area contributed by atoms with E-state index in [4.69, 9.17) is 0 Å². The van der Waals surface area contributed by atoms with Crippen molar-refractivity contribution in [1.29, 1.82) is 0 Å². The Hall–Kier alpha value is -0.570. The fraction of sp³-hybridized carbons (Fsp3) is 0.923.